The molecule has 0 radical (unpaired) electrons. The minimum Gasteiger partial charge on any atom is -0.455 e. The molecule has 1 N–H and O–H groups in total. The van der Waals surface area contributed by atoms with E-state index in [4.69, 9.17) is 9.72 Å². The van der Waals surface area contributed by atoms with Gasteiger partial charge in [-0.1, -0.05) is 48.5 Å². The van der Waals surface area contributed by atoms with Gasteiger partial charge in [0.2, 0.25) is 5.95 Å². The van der Waals surface area contributed by atoms with E-state index in [0.717, 1.165) is 23.7 Å². The van der Waals surface area contributed by atoms with E-state index in [2.05, 4.69) is 51.6 Å². The predicted molar refractivity (Wildman–Crippen MR) is 118 cm³/mol. The Bertz CT molecular complexity index is 1160. The van der Waals surface area contributed by atoms with E-state index < -0.39 is 0 Å². The predicted octanol–water partition coefficient (Wildman–Crippen LogP) is 5.49. The molecule has 6 heteroatoms. The van der Waals surface area contributed by atoms with Gasteiger partial charge < -0.3 is 15.0 Å². The number of para-hydroxylation sites is 4. The molecular weight excluding hydrogens is 374 g/mol. The van der Waals surface area contributed by atoms with Crippen LogP contribution in [0.1, 0.15) is 12.5 Å². The summed E-state index contributed by atoms with van der Waals surface area (Å²) < 4.78 is 6.03. The zero-order valence-corrected chi connectivity index (χ0v) is 16.6. The highest BCUT2D eigenvalue weighted by Gasteiger charge is 2.28. The van der Waals surface area contributed by atoms with Crippen LogP contribution >= 0.6 is 0 Å². The lowest BCUT2D eigenvalue weighted by atomic mass is 10.1. The number of benzene rings is 3. The second-order valence-electron chi connectivity index (χ2n) is 7.23. The maximum Gasteiger partial charge on any atom is 0.249 e. The average Bonchev–Trinajstić information content (AvgIpc) is 3.12. The molecule has 6 nitrogen and oxygen atoms in total. The van der Waals surface area contributed by atoms with E-state index in [9.17, 15) is 0 Å². The third kappa shape index (κ3) is 3.55. The number of fused-ring (bicyclic) bond motifs is 1. The molecule has 0 saturated heterocycles. The average molecular weight is 395 g/mol. The van der Waals surface area contributed by atoms with E-state index in [1.807, 2.05) is 54.6 Å². The molecule has 30 heavy (non-hydrogen) atoms. The van der Waals surface area contributed by atoms with Crippen LogP contribution in [0, 0.1) is 0 Å². The number of aromatic nitrogens is 3. The summed E-state index contributed by atoms with van der Waals surface area (Å²) in [4.78, 5) is 6.94. The third-order valence-corrected chi connectivity index (χ3v) is 5.10. The zero-order chi connectivity index (χ0) is 20.3. The van der Waals surface area contributed by atoms with E-state index in [1.54, 1.807) is 6.20 Å². The maximum absolute atomic E-state index is 6.03. The Morgan fingerprint density at radius 1 is 0.933 bits per heavy atom. The number of hydrogen-bond donors (Lipinski definition) is 1. The van der Waals surface area contributed by atoms with Crippen LogP contribution < -0.4 is 15.0 Å². The van der Waals surface area contributed by atoms with Crippen LogP contribution in [-0.2, 0) is 6.42 Å². The molecule has 0 bridgehead atoms. The fourth-order valence-corrected chi connectivity index (χ4v) is 3.77. The summed E-state index contributed by atoms with van der Waals surface area (Å²) in [7, 11) is 0. The van der Waals surface area contributed by atoms with Crippen molar-refractivity contribution in [2.24, 2.45) is 0 Å². The first-order valence-electron chi connectivity index (χ1n) is 9.94. The van der Waals surface area contributed by atoms with Crippen LogP contribution in [0.25, 0.3) is 0 Å². The zero-order valence-electron chi connectivity index (χ0n) is 16.6. The summed E-state index contributed by atoms with van der Waals surface area (Å²) in [6.07, 6.45) is 2.69. The molecule has 1 atom stereocenters. The first-order valence-corrected chi connectivity index (χ1v) is 9.94. The number of ether oxygens (including phenoxy) is 1. The van der Waals surface area contributed by atoms with Gasteiger partial charge in [-0.3, -0.25) is 0 Å². The summed E-state index contributed by atoms with van der Waals surface area (Å²) >= 11 is 0. The number of anilines is 4. The van der Waals surface area contributed by atoms with Gasteiger partial charge in [-0.2, -0.15) is 10.1 Å². The molecule has 1 aliphatic heterocycles. The van der Waals surface area contributed by atoms with Crippen LogP contribution in [0.3, 0.4) is 0 Å². The van der Waals surface area contributed by atoms with E-state index in [1.165, 1.54) is 11.3 Å². The van der Waals surface area contributed by atoms with Crippen LogP contribution in [-0.4, -0.2) is 21.2 Å². The lowest BCUT2D eigenvalue weighted by Crippen LogP contribution is -2.25. The second kappa shape index (κ2) is 7.83. The summed E-state index contributed by atoms with van der Waals surface area (Å²) in [5, 5.41) is 11.6. The van der Waals surface area contributed by atoms with Crippen LogP contribution in [0.4, 0.5) is 23.1 Å². The van der Waals surface area contributed by atoms with Gasteiger partial charge in [0.1, 0.15) is 5.75 Å². The molecule has 5 rings (SSSR count). The van der Waals surface area contributed by atoms with Crippen molar-refractivity contribution < 1.29 is 4.74 Å². The molecule has 4 aromatic rings. The Morgan fingerprint density at radius 2 is 1.70 bits per heavy atom. The Balaban J connectivity index is 1.43. The topological polar surface area (TPSA) is 63.2 Å². The first-order chi connectivity index (χ1) is 14.8. The molecule has 1 unspecified atom stereocenters. The van der Waals surface area contributed by atoms with Gasteiger partial charge in [0.25, 0.3) is 0 Å². The van der Waals surface area contributed by atoms with Gasteiger partial charge in [0, 0.05) is 11.7 Å². The van der Waals surface area contributed by atoms with Crippen LogP contribution in [0.5, 0.6) is 11.5 Å². The van der Waals surface area contributed by atoms with E-state index in [0.29, 0.717) is 17.7 Å². The van der Waals surface area contributed by atoms with Gasteiger partial charge >= 0.3 is 0 Å². The number of nitrogens with zero attached hydrogens (tertiary/aromatic N) is 4. The molecule has 0 fully saturated rings. The van der Waals surface area contributed by atoms with Crippen molar-refractivity contribution in [2.45, 2.75) is 19.4 Å². The Morgan fingerprint density at radius 3 is 2.60 bits per heavy atom. The molecule has 0 aliphatic carbocycles. The third-order valence-electron chi connectivity index (χ3n) is 5.10. The number of hydrogen-bond acceptors (Lipinski definition) is 6. The van der Waals surface area contributed by atoms with Gasteiger partial charge in [-0.25, -0.2) is 0 Å². The fraction of sp³-hybridized carbons (Fsp3) is 0.125. The summed E-state index contributed by atoms with van der Waals surface area (Å²) in [5.41, 5.74) is 3.26. The molecule has 0 amide bonds. The molecule has 148 valence electrons. The SMILES string of the molecule is CC1Cc2ccccc2N1c1cnnc(Nc2ccccc2Oc2ccccc2)n1. The molecule has 0 spiro atoms. The molecule has 1 aromatic heterocycles. The minimum atomic E-state index is 0.306. The van der Waals surface area contributed by atoms with Crippen LogP contribution in [0.2, 0.25) is 0 Å². The lowest BCUT2D eigenvalue weighted by molar-refractivity contribution is 0.485. The van der Waals surface area contributed by atoms with Crippen molar-refractivity contribution in [2.75, 3.05) is 10.2 Å². The Labute approximate surface area is 175 Å². The smallest absolute Gasteiger partial charge is 0.249 e. The minimum absolute atomic E-state index is 0.306. The monoisotopic (exact) mass is 395 g/mol. The number of rotatable bonds is 5. The van der Waals surface area contributed by atoms with E-state index >= 15 is 0 Å². The molecule has 0 saturated carbocycles. The largest absolute Gasteiger partial charge is 0.455 e. The highest BCUT2D eigenvalue weighted by atomic mass is 16.5. The van der Waals surface area contributed by atoms with Crippen molar-refractivity contribution in [3.05, 3.63) is 90.6 Å². The van der Waals surface area contributed by atoms with Crippen molar-refractivity contribution >= 4 is 23.1 Å². The normalized spacial score (nSPS) is 15.0. The summed E-state index contributed by atoms with van der Waals surface area (Å²) in [6, 6.07) is 26.1. The van der Waals surface area contributed by atoms with Gasteiger partial charge in [0.15, 0.2) is 11.6 Å². The number of nitrogens with one attached hydrogen (secondary N) is 1. The fourth-order valence-electron chi connectivity index (χ4n) is 3.77. The van der Waals surface area contributed by atoms with E-state index in [-0.39, 0.29) is 0 Å². The summed E-state index contributed by atoms with van der Waals surface area (Å²) in [6.45, 7) is 2.19. The van der Waals surface area contributed by atoms with Gasteiger partial charge in [-0.15, -0.1) is 5.10 Å². The highest BCUT2D eigenvalue weighted by molar-refractivity contribution is 5.70. The molecule has 1 aliphatic rings. The summed E-state index contributed by atoms with van der Waals surface area (Å²) in [5.74, 6) is 2.65. The van der Waals surface area contributed by atoms with Crippen molar-refractivity contribution in [1.82, 2.24) is 15.2 Å². The Hall–Kier alpha value is -3.93. The lowest BCUT2D eigenvalue weighted by Gasteiger charge is -2.23. The van der Waals surface area contributed by atoms with Crippen molar-refractivity contribution in [3.8, 4) is 11.5 Å². The molecular formula is C24H21N5O. The molecule has 3 aromatic carbocycles. The van der Waals surface area contributed by atoms with Crippen molar-refractivity contribution in [1.29, 1.82) is 0 Å². The molecule has 2 heterocycles. The van der Waals surface area contributed by atoms with Crippen LogP contribution in [0.15, 0.2) is 85.1 Å². The second-order valence-corrected chi connectivity index (χ2v) is 7.23. The first kappa shape index (κ1) is 18.1. The maximum atomic E-state index is 6.03. The Kier molecular flexibility index (Phi) is 4.73. The van der Waals surface area contributed by atoms with Gasteiger partial charge in [-0.05, 0) is 49.2 Å². The quantitative estimate of drug-likeness (QED) is 0.482. The highest BCUT2D eigenvalue weighted by Crippen LogP contribution is 2.37. The van der Waals surface area contributed by atoms with Crippen molar-refractivity contribution in [3.63, 3.8) is 0 Å². The standard InChI is InChI=1S/C24H21N5O/c1-17-15-18-9-5-7-13-21(18)29(17)23-16-25-28-24(27-23)26-20-12-6-8-14-22(20)30-19-10-3-2-4-11-19/h2-14,16-17H,15H2,1H3,(H,26,27,28). The van der Waals surface area contributed by atoms with Gasteiger partial charge in [0.05, 0.1) is 11.9 Å².